The summed E-state index contributed by atoms with van der Waals surface area (Å²) in [6.07, 6.45) is -4.87. The smallest absolute Gasteiger partial charge is 0.379 e. The van der Waals surface area contributed by atoms with Crippen LogP contribution in [-0.4, -0.2) is 55.3 Å². The Kier molecular flexibility index (Phi) is 6.21. The first kappa shape index (κ1) is 20.6. The number of rotatable bonds is 4. The van der Waals surface area contributed by atoms with Crippen molar-refractivity contribution in [3.63, 3.8) is 0 Å². The molecule has 2 fully saturated rings. The summed E-state index contributed by atoms with van der Waals surface area (Å²) in [5, 5.41) is 8.69. The lowest BCUT2D eigenvalue weighted by atomic mass is 10.0. The fourth-order valence-electron chi connectivity index (χ4n) is 3.25. The third-order valence-electron chi connectivity index (χ3n) is 4.87. The molecule has 10 heteroatoms. The van der Waals surface area contributed by atoms with Gasteiger partial charge in [-0.25, -0.2) is 0 Å². The van der Waals surface area contributed by atoms with Gasteiger partial charge in [0.2, 0.25) is 11.8 Å². The van der Waals surface area contributed by atoms with Gasteiger partial charge in [0.15, 0.2) is 0 Å². The predicted octanol–water partition coefficient (Wildman–Crippen LogP) is 0.977. The molecule has 2 saturated heterocycles. The van der Waals surface area contributed by atoms with Crippen LogP contribution in [0.2, 0.25) is 0 Å². The number of alkyl halides is 3. The van der Waals surface area contributed by atoms with E-state index in [1.54, 1.807) is 6.92 Å². The number of carbonyl (C=O) groups is 2. The highest BCUT2D eigenvalue weighted by atomic mass is 19.4. The number of hydrogen-bond acceptors (Lipinski definition) is 5. The number of morpholine rings is 1. The molecule has 2 aliphatic rings. The Balaban J connectivity index is 1.60. The standard InChI is InChI=1S/C18H23F3N4O3/c1-11(12-2-4-13(5-3-12)18(19,20)21)22-16(27)14-10-15(26)24-17(23-14)25-6-8-28-9-7-25/h2-5,11,14,17,23H,6-10H2,1H3,(H,22,27)(H,24,26)/t11-,14?,17?/m1/s1. The Morgan fingerprint density at radius 2 is 1.89 bits per heavy atom. The molecule has 2 amide bonds. The average molecular weight is 400 g/mol. The number of nitrogens with one attached hydrogen (secondary N) is 3. The first-order valence-corrected chi connectivity index (χ1v) is 9.09. The summed E-state index contributed by atoms with van der Waals surface area (Å²) >= 11 is 0. The minimum absolute atomic E-state index is 0.00753. The monoisotopic (exact) mass is 400 g/mol. The zero-order valence-corrected chi connectivity index (χ0v) is 15.4. The van der Waals surface area contributed by atoms with E-state index in [0.717, 1.165) is 12.1 Å². The van der Waals surface area contributed by atoms with E-state index in [2.05, 4.69) is 16.0 Å². The summed E-state index contributed by atoms with van der Waals surface area (Å²) in [6.45, 7) is 4.05. The van der Waals surface area contributed by atoms with Crippen molar-refractivity contribution in [1.82, 2.24) is 20.9 Å². The van der Waals surface area contributed by atoms with E-state index in [1.165, 1.54) is 12.1 Å². The molecule has 7 nitrogen and oxygen atoms in total. The van der Waals surface area contributed by atoms with Crippen molar-refractivity contribution in [2.24, 2.45) is 0 Å². The first-order chi connectivity index (χ1) is 13.2. The Hall–Kier alpha value is -2.17. The quantitative estimate of drug-likeness (QED) is 0.702. The minimum atomic E-state index is -4.40. The molecule has 0 bridgehead atoms. The highest BCUT2D eigenvalue weighted by Crippen LogP contribution is 2.29. The lowest BCUT2D eigenvalue weighted by Crippen LogP contribution is -2.67. The van der Waals surface area contributed by atoms with Gasteiger partial charge in [-0.15, -0.1) is 0 Å². The molecule has 154 valence electrons. The molecule has 3 atom stereocenters. The van der Waals surface area contributed by atoms with Gasteiger partial charge in [0.05, 0.1) is 37.3 Å². The van der Waals surface area contributed by atoms with Crippen LogP contribution in [0.15, 0.2) is 24.3 Å². The van der Waals surface area contributed by atoms with E-state index < -0.39 is 30.1 Å². The third kappa shape index (κ3) is 5.00. The molecule has 0 aromatic heterocycles. The summed E-state index contributed by atoms with van der Waals surface area (Å²) in [5.74, 6) is -0.613. The Bertz CT molecular complexity index is 705. The van der Waals surface area contributed by atoms with E-state index >= 15 is 0 Å². The summed E-state index contributed by atoms with van der Waals surface area (Å²) in [5.41, 5.74) is -0.194. The van der Waals surface area contributed by atoms with Crippen molar-refractivity contribution in [2.45, 2.75) is 37.9 Å². The highest BCUT2D eigenvalue weighted by molar-refractivity contribution is 5.89. The molecule has 3 N–H and O–H groups in total. The molecule has 3 rings (SSSR count). The molecule has 28 heavy (non-hydrogen) atoms. The topological polar surface area (TPSA) is 82.7 Å². The third-order valence-corrected chi connectivity index (χ3v) is 4.87. The Morgan fingerprint density at radius 3 is 2.50 bits per heavy atom. The molecule has 2 unspecified atom stereocenters. The number of carbonyl (C=O) groups excluding carboxylic acids is 2. The molecule has 0 aliphatic carbocycles. The largest absolute Gasteiger partial charge is 0.416 e. The molecule has 2 aliphatic heterocycles. The van der Waals surface area contributed by atoms with Gasteiger partial charge >= 0.3 is 6.18 Å². The summed E-state index contributed by atoms with van der Waals surface area (Å²) in [4.78, 5) is 26.6. The zero-order chi connectivity index (χ0) is 20.3. The van der Waals surface area contributed by atoms with Crippen molar-refractivity contribution < 1.29 is 27.5 Å². The van der Waals surface area contributed by atoms with Crippen LogP contribution in [0.3, 0.4) is 0 Å². The number of hydrogen-bond donors (Lipinski definition) is 3. The molecular weight excluding hydrogens is 377 g/mol. The fourth-order valence-corrected chi connectivity index (χ4v) is 3.25. The lowest BCUT2D eigenvalue weighted by Gasteiger charge is -2.40. The molecular formula is C18H23F3N4O3. The maximum atomic E-state index is 12.7. The highest BCUT2D eigenvalue weighted by Gasteiger charge is 2.35. The summed E-state index contributed by atoms with van der Waals surface area (Å²) in [7, 11) is 0. The Labute approximate surface area is 160 Å². The van der Waals surface area contributed by atoms with Gasteiger partial charge in [0.25, 0.3) is 0 Å². The van der Waals surface area contributed by atoms with Crippen LogP contribution >= 0.6 is 0 Å². The van der Waals surface area contributed by atoms with Crippen LogP contribution < -0.4 is 16.0 Å². The molecule has 1 aromatic carbocycles. The van der Waals surface area contributed by atoms with Gasteiger partial charge in [-0.1, -0.05) is 12.1 Å². The normalized spacial score (nSPS) is 25.1. The average Bonchev–Trinajstić information content (AvgIpc) is 2.67. The van der Waals surface area contributed by atoms with Gasteiger partial charge in [-0.05, 0) is 24.6 Å². The van der Waals surface area contributed by atoms with Crippen LogP contribution in [-0.2, 0) is 20.5 Å². The number of ether oxygens (including phenoxy) is 1. The van der Waals surface area contributed by atoms with E-state index in [0.29, 0.717) is 31.9 Å². The summed E-state index contributed by atoms with van der Waals surface area (Å²) < 4.78 is 43.3. The van der Waals surface area contributed by atoms with Gasteiger partial charge < -0.3 is 15.4 Å². The van der Waals surface area contributed by atoms with Crippen molar-refractivity contribution in [3.8, 4) is 0 Å². The summed E-state index contributed by atoms with van der Waals surface area (Å²) in [6, 6.07) is 3.43. The van der Waals surface area contributed by atoms with E-state index in [9.17, 15) is 22.8 Å². The number of halogens is 3. The van der Waals surface area contributed by atoms with E-state index in [-0.39, 0.29) is 18.2 Å². The second-order valence-corrected chi connectivity index (χ2v) is 6.89. The van der Waals surface area contributed by atoms with E-state index in [1.807, 2.05) is 4.90 Å². The maximum absolute atomic E-state index is 12.7. The number of benzene rings is 1. The van der Waals surface area contributed by atoms with Crippen LogP contribution in [0, 0.1) is 0 Å². The van der Waals surface area contributed by atoms with E-state index in [4.69, 9.17) is 4.74 Å². The van der Waals surface area contributed by atoms with Crippen molar-refractivity contribution in [3.05, 3.63) is 35.4 Å². The van der Waals surface area contributed by atoms with Crippen LogP contribution in [0.1, 0.15) is 30.5 Å². The van der Waals surface area contributed by atoms with Crippen LogP contribution in [0.25, 0.3) is 0 Å². The van der Waals surface area contributed by atoms with Crippen molar-refractivity contribution in [1.29, 1.82) is 0 Å². The van der Waals surface area contributed by atoms with Crippen molar-refractivity contribution in [2.75, 3.05) is 26.3 Å². The van der Waals surface area contributed by atoms with Gasteiger partial charge in [-0.3, -0.25) is 19.8 Å². The molecule has 0 radical (unpaired) electrons. The van der Waals surface area contributed by atoms with Gasteiger partial charge in [0.1, 0.15) is 6.29 Å². The molecule has 0 saturated carbocycles. The molecule has 2 heterocycles. The first-order valence-electron chi connectivity index (χ1n) is 9.09. The predicted molar refractivity (Wildman–Crippen MR) is 93.9 cm³/mol. The Morgan fingerprint density at radius 1 is 1.25 bits per heavy atom. The molecule has 0 spiro atoms. The SMILES string of the molecule is C[C@@H](NC(=O)C1CC(=O)NC(N2CCOCC2)N1)c1ccc(C(F)(F)F)cc1. The minimum Gasteiger partial charge on any atom is -0.379 e. The number of amides is 2. The zero-order valence-electron chi connectivity index (χ0n) is 15.4. The van der Waals surface area contributed by atoms with Crippen LogP contribution in [0.5, 0.6) is 0 Å². The fraction of sp³-hybridized carbons (Fsp3) is 0.556. The number of nitrogens with zero attached hydrogens (tertiary/aromatic N) is 1. The maximum Gasteiger partial charge on any atom is 0.416 e. The van der Waals surface area contributed by atoms with Gasteiger partial charge in [-0.2, -0.15) is 13.2 Å². The van der Waals surface area contributed by atoms with Crippen LogP contribution in [0.4, 0.5) is 13.2 Å². The second kappa shape index (κ2) is 8.46. The van der Waals surface area contributed by atoms with Crippen molar-refractivity contribution >= 4 is 11.8 Å². The lowest BCUT2D eigenvalue weighted by molar-refractivity contribution is -0.137. The molecule has 1 aromatic rings. The second-order valence-electron chi connectivity index (χ2n) is 6.89. The van der Waals surface area contributed by atoms with Gasteiger partial charge in [0, 0.05) is 13.1 Å².